The van der Waals surface area contributed by atoms with Gasteiger partial charge in [0.05, 0.1) is 11.3 Å². The molecule has 0 bridgehead atoms. The van der Waals surface area contributed by atoms with Crippen molar-refractivity contribution >= 4 is 5.70 Å². The SMILES string of the molecule is CCOC(C)(C)CN/C=C(\N)c1ccc(C)cc1. The lowest BCUT2D eigenvalue weighted by Crippen LogP contribution is -2.35. The van der Waals surface area contributed by atoms with Crippen LogP contribution in [-0.4, -0.2) is 18.8 Å². The first-order valence-corrected chi connectivity index (χ1v) is 6.34. The quantitative estimate of drug-likeness (QED) is 0.813. The molecule has 0 spiro atoms. The van der Waals surface area contributed by atoms with E-state index in [-0.39, 0.29) is 5.60 Å². The summed E-state index contributed by atoms with van der Waals surface area (Å²) >= 11 is 0. The fourth-order valence-corrected chi connectivity index (χ4v) is 1.68. The van der Waals surface area contributed by atoms with E-state index < -0.39 is 0 Å². The Bertz CT molecular complexity index is 393. The second kappa shape index (κ2) is 6.45. The lowest BCUT2D eigenvalue weighted by atomic mass is 10.1. The van der Waals surface area contributed by atoms with E-state index in [1.54, 1.807) is 0 Å². The van der Waals surface area contributed by atoms with Crippen LogP contribution in [0.15, 0.2) is 30.5 Å². The van der Waals surface area contributed by atoms with E-state index in [9.17, 15) is 0 Å². The van der Waals surface area contributed by atoms with E-state index in [4.69, 9.17) is 10.5 Å². The molecule has 1 aromatic carbocycles. The summed E-state index contributed by atoms with van der Waals surface area (Å²) < 4.78 is 5.60. The van der Waals surface area contributed by atoms with Crippen LogP contribution in [0.1, 0.15) is 31.9 Å². The smallest absolute Gasteiger partial charge is 0.0797 e. The number of nitrogens with two attached hydrogens (primary N) is 1. The first-order chi connectivity index (χ1) is 8.44. The maximum absolute atomic E-state index is 6.01. The number of hydrogen-bond donors (Lipinski definition) is 2. The Labute approximate surface area is 110 Å². The van der Waals surface area contributed by atoms with Crippen LogP contribution < -0.4 is 11.1 Å². The van der Waals surface area contributed by atoms with E-state index in [1.165, 1.54) is 5.56 Å². The third kappa shape index (κ3) is 4.80. The topological polar surface area (TPSA) is 47.3 Å². The molecule has 1 rings (SSSR count). The molecule has 0 atom stereocenters. The van der Waals surface area contributed by atoms with Crippen LogP contribution in [0.4, 0.5) is 0 Å². The van der Waals surface area contributed by atoms with E-state index in [1.807, 2.05) is 25.3 Å². The predicted molar refractivity (Wildman–Crippen MR) is 77.1 cm³/mol. The van der Waals surface area contributed by atoms with Crippen molar-refractivity contribution in [3.63, 3.8) is 0 Å². The van der Waals surface area contributed by atoms with E-state index in [0.717, 1.165) is 17.8 Å². The number of aryl methyl sites for hydroxylation is 1. The highest BCUT2D eigenvalue weighted by molar-refractivity contribution is 5.62. The van der Waals surface area contributed by atoms with Crippen molar-refractivity contribution in [2.45, 2.75) is 33.3 Å². The molecule has 100 valence electrons. The molecular weight excluding hydrogens is 224 g/mol. The molecule has 0 amide bonds. The molecule has 0 radical (unpaired) electrons. The summed E-state index contributed by atoms with van der Waals surface area (Å²) in [5.74, 6) is 0. The third-order valence-electron chi connectivity index (χ3n) is 2.71. The Kier molecular flexibility index (Phi) is 5.23. The maximum atomic E-state index is 6.01. The Morgan fingerprint density at radius 2 is 1.94 bits per heavy atom. The fourth-order valence-electron chi connectivity index (χ4n) is 1.68. The summed E-state index contributed by atoms with van der Waals surface area (Å²) in [7, 11) is 0. The zero-order valence-electron chi connectivity index (χ0n) is 11.8. The highest BCUT2D eigenvalue weighted by atomic mass is 16.5. The number of ether oxygens (including phenoxy) is 1. The minimum absolute atomic E-state index is 0.182. The Hall–Kier alpha value is -1.48. The summed E-state index contributed by atoms with van der Waals surface area (Å²) in [5, 5.41) is 3.21. The average Bonchev–Trinajstić information content (AvgIpc) is 2.29. The van der Waals surface area contributed by atoms with Gasteiger partial charge in [0.25, 0.3) is 0 Å². The van der Waals surface area contributed by atoms with Gasteiger partial charge in [-0.3, -0.25) is 0 Å². The summed E-state index contributed by atoms with van der Waals surface area (Å²) in [6, 6.07) is 8.16. The number of hydrogen-bond acceptors (Lipinski definition) is 3. The molecule has 0 aromatic heterocycles. The van der Waals surface area contributed by atoms with Crippen molar-refractivity contribution in [2.75, 3.05) is 13.2 Å². The molecule has 3 nitrogen and oxygen atoms in total. The van der Waals surface area contributed by atoms with Crippen molar-refractivity contribution in [3.05, 3.63) is 41.6 Å². The summed E-state index contributed by atoms with van der Waals surface area (Å²) in [5.41, 5.74) is 8.83. The number of nitrogens with one attached hydrogen (secondary N) is 1. The van der Waals surface area contributed by atoms with Crippen LogP contribution in [0, 0.1) is 6.92 Å². The van der Waals surface area contributed by atoms with Gasteiger partial charge in [0, 0.05) is 19.4 Å². The van der Waals surface area contributed by atoms with Crippen LogP contribution in [0.5, 0.6) is 0 Å². The normalized spacial score (nSPS) is 12.6. The van der Waals surface area contributed by atoms with Gasteiger partial charge in [-0.1, -0.05) is 29.8 Å². The maximum Gasteiger partial charge on any atom is 0.0797 e. The Morgan fingerprint density at radius 3 is 2.50 bits per heavy atom. The van der Waals surface area contributed by atoms with E-state index in [2.05, 4.69) is 38.2 Å². The molecule has 18 heavy (non-hydrogen) atoms. The van der Waals surface area contributed by atoms with Crippen molar-refractivity contribution in [1.82, 2.24) is 5.32 Å². The van der Waals surface area contributed by atoms with E-state index in [0.29, 0.717) is 6.61 Å². The zero-order valence-corrected chi connectivity index (χ0v) is 11.8. The molecule has 1 aromatic rings. The standard InChI is InChI=1S/C15H24N2O/c1-5-18-15(3,4)11-17-10-14(16)13-8-6-12(2)7-9-13/h6-10,17H,5,11,16H2,1-4H3/b14-10-. The van der Waals surface area contributed by atoms with Crippen molar-refractivity contribution < 1.29 is 4.74 Å². The van der Waals surface area contributed by atoms with Crippen LogP contribution in [-0.2, 0) is 4.74 Å². The molecule has 3 heteroatoms. The average molecular weight is 248 g/mol. The van der Waals surface area contributed by atoms with Crippen LogP contribution in [0.2, 0.25) is 0 Å². The first kappa shape index (κ1) is 14.6. The molecule has 0 unspecified atom stereocenters. The molecule has 0 saturated carbocycles. The Morgan fingerprint density at radius 1 is 1.33 bits per heavy atom. The largest absolute Gasteiger partial charge is 0.397 e. The number of benzene rings is 1. The van der Waals surface area contributed by atoms with Gasteiger partial charge >= 0.3 is 0 Å². The van der Waals surface area contributed by atoms with E-state index >= 15 is 0 Å². The van der Waals surface area contributed by atoms with Gasteiger partial charge < -0.3 is 15.8 Å². The summed E-state index contributed by atoms with van der Waals surface area (Å²) in [6.07, 6.45) is 1.84. The minimum Gasteiger partial charge on any atom is -0.397 e. The lowest BCUT2D eigenvalue weighted by Gasteiger charge is -2.24. The molecule has 0 saturated heterocycles. The number of rotatable bonds is 6. The molecule has 3 N–H and O–H groups in total. The second-order valence-electron chi connectivity index (χ2n) is 5.04. The summed E-state index contributed by atoms with van der Waals surface area (Å²) in [4.78, 5) is 0. The van der Waals surface area contributed by atoms with Crippen molar-refractivity contribution in [1.29, 1.82) is 0 Å². The Balaban J connectivity index is 2.54. The minimum atomic E-state index is -0.182. The third-order valence-corrected chi connectivity index (χ3v) is 2.71. The van der Waals surface area contributed by atoms with Gasteiger partial charge in [-0.2, -0.15) is 0 Å². The van der Waals surface area contributed by atoms with Crippen molar-refractivity contribution in [3.8, 4) is 0 Å². The van der Waals surface area contributed by atoms with Crippen LogP contribution >= 0.6 is 0 Å². The van der Waals surface area contributed by atoms with Gasteiger partial charge in [0.15, 0.2) is 0 Å². The van der Waals surface area contributed by atoms with Gasteiger partial charge in [-0.05, 0) is 33.3 Å². The molecule has 0 aliphatic carbocycles. The van der Waals surface area contributed by atoms with Gasteiger partial charge in [-0.15, -0.1) is 0 Å². The zero-order chi connectivity index (χ0) is 13.6. The highest BCUT2D eigenvalue weighted by Gasteiger charge is 2.15. The molecular formula is C15H24N2O. The molecule has 0 fully saturated rings. The van der Waals surface area contributed by atoms with Gasteiger partial charge in [0.1, 0.15) is 0 Å². The van der Waals surface area contributed by atoms with Gasteiger partial charge in [-0.25, -0.2) is 0 Å². The first-order valence-electron chi connectivity index (χ1n) is 6.34. The fraction of sp³-hybridized carbons (Fsp3) is 0.467. The van der Waals surface area contributed by atoms with Gasteiger partial charge in [0.2, 0.25) is 0 Å². The molecule has 0 aliphatic heterocycles. The van der Waals surface area contributed by atoms with Crippen LogP contribution in [0.25, 0.3) is 5.70 Å². The van der Waals surface area contributed by atoms with Crippen LogP contribution in [0.3, 0.4) is 0 Å². The highest BCUT2D eigenvalue weighted by Crippen LogP contribution is 2.10. The molecule has 0 heterocycles. The predicted octanol–water partition coefficient (Wildman–Crippen LogP) is 2.66. The van der Waals surface area contributed by atoms with Crippen molar-refractivity contribution in [2.24, 2.45) is 5.73 Å². The summed E-state index contributed by atoms with van der Waals surface area (Å²) in [6.45, 7) is 9.61. The second-order valence-corrected chi connectivity index (χ2v) is 5.04. The monoisotopic (exact) mass is 248 g/mol. The molecule has 0 aliphatic rings. The lowest BCUT2D eigenvalue weighted by molar-refractivity contribution is -0.00655.